The molecule has 14 heavy (non-hydrogen) atoms. The van der Waals surface area contributed by atoms with Gasteiger partial charge in [-0.1, -0.05) is 25.5 Å². The Kier molecular flexibility index (Phi) is 4.46. The molecule has 0 atom stereocenters. The molecule has 0 aromatic heterocycles. The van der Waals surface area contributed by atoms with E-state index in [0.717, 1.165) is 30.7 Å². The number of halogens is 2. The Morgan fingerprint density at radius 2 is 1.86 bits per heavy atom. The highest BCUT2D eigenvalue weighted by molar-refractivity contribution is 7.99. The number of unbranched alkanes of at least 4 members (excludes halogenated alkanes) is 1. The van der Waals surface area contributed by atoms with Crippen molar-refractivity contribution < 1.29 is 8.78 Å². The molecule has 0 saturated heterocycles. The molecule has 75 valence electrons. The number of rotatable bonds is 4. The predicted octanol–water partition coefficient (Wildman–Crippen LogP) is 2.65. The molecule has 0 bridgehead atoms. The molecule has 1 rings (SSSR count). The van der Waals surface area contributed by atoms with Gasteiger partial charge in [-0.25, -0.2) is 8.78 Å². The molecule has 0 aliphatic rings. The van der Waals surface area contributed by atoms with Crippen LogP contribution in [0.25, 0.3) is 0 Å². The SMILES string of the molecule is [B-]c1cc(F)c(SCCCC)c(F)c1. The van der Waals surface area contributed by atoms with E-state index < -0.39 is 11.6 Å². The summed E-state index contributed by atoms with van der Waals surface area (Å²) in [5.41, 5.74) is 0.125. The molecular formula is C10H11BF2S-. The summed E-state index contributed by atoms with van der Waals surface area (Å²) < 4.78 is 26.4. The van der Waals surface area contributed by atoms with Crippen molar-refractivity contribution in [3.05, 3.63) is 23.8 Å². The van der Waals surface area contributed by atoms with Crippen LogP contribution in [-0.4, -0.2) is 13.6 Å². The molecule has 0 spiro atoms. The van der Waals surface area contributed by atoms with Crippen LogP contribution in [-0.2, 0) is 0 Å². The molecule has 0 unspecified atom stereocenters. The maximum Gasteiger partial charge on any atom is 0.136 e. The first kappa shape index (κ1) is 11.6. The lowest BCUT2D eigenvalue weighted by molar-refractivity contribution is 0.542. The smallest absolute Gasteiger partial charge is 0.136 e. The van der Waals surface area contributed by atoms with E-state index in [-0.39, 0.29) is 10.4 Å². The molecule has 0 N–H and O–H groups in total. The Labute approximate surface area is 88.5 Å². The van der Waals surface area contributed by atoms with Crippen molar-refractivity contribution in [1.82, 2.24) is 0 Å². The summed E-state index contributed by atoms with van der Waals surface area (Å²) in [5, 5.41) is 0. The van der Waals surface area contributed by atoms with Crippen molar-refractivity contribution in [3.8, 4) is 0 Å². The van der Waals surface area contributed by atoms with Gasteiger partial charge in [-0.2, -0.15) is 0 Å². The molecule has 0 heterocycles. The number of hydrogen-bond acceptors (Lipinski definition) is 1. The van der Waals surface area contributed by atoms with E-state index in [1.807, 2.05) is 6.92 Å². The first-order valence-corrected chi connectivity index (χ1v) is 5.51. The summed E-state index contributed by atoms with van der Waals surface area (Å²) in [6.45, 7) is 2.04. The number of thioether (sulfide) groups is 1. The lowest BCUT2D eigenvalue weighted by atomic mass is 9.96. The number of hydrogen-bond donors (Lipinski definition) is 0. The second kappa shape index (κ2) is 5.39. The fraction of sp³-hybridized carbons (Fsp3) is 0.400. The van der Waals surface area contributed by atoms with E-state index in [1.165, 1.54) is 11.8 Å². The first-order chi connectivity index (χ1) is 6.65. The largest absolute Gasteiger partial charge is 0.580 e. The highest BCUT2D eigenvalue weighted by atomic mass is 32.2. The van der Waals surface area contributed by atoms with Gasteiger partial charge in [0.15, 0.2) is 0 Å². The Morgan fingerprint density at radius 3 is 2.36 bits per heavy atom. The molecular weight excluding hydrogens is 201 g/mol. The molecule has 0 nitrogen and oxygen atoms in total. The third kappa shape index (κ3) is 3.01. The van der Waals surface area contributed by atoms with Gasteiger partial charge in [0, 0.05) is 0 Å². The minimum absolute atomic E-state index is 0.0765. The van der Waals surface area contributed by atoms with E-state index in [1.54, 1.807) is 0 Å². The predicted molar refractivity (Wildman–Crippen MR) is 57.4 cm³/mol. The van der Waals surface area contributed by atoms with Crippen LogP contribution in [0.3, 0.4) is 0 Å². The summed E-state index contributed by atoms with van der Waals surface area (Å²) in [5.74, 6) is -0.402. The zero-order valence-electron chi connectivity index (χ0n) is 8.02. The van der Waals surface area contributed by atoms with Crippen LogP contribution in [0.2, 0.25) is 0 Å². The van der Waals surface area contributed by atoms with Crippen molar-refractivity contribution >= 4 is 25.1 Å². The topological polar surface area (TPSA) is 0 Å². The molecule has 0 saturated carbocycles. The van der Waals surface area contributed by atoms with Gasteiger partial charge >= 0.3 is 0 Å². The Hall–Kier alpha value is -0.505. The minimum atomic E-state index is -0.566. The lowest BCUT2D eigenvalue weighted by Gasteiger charge is -2.11. The van der Waals surface area contributed by atoms with Gasteiger partial charge in [-0.3, -0.25) is 0 Å². The summed E-state index contributed by atoms with van der Waals surface area (Å²) >= 11 is 1.20. The van der Waals surface area contributed by atoms with Crippen LogP contribution >= 0.6 is 11.8 Å². The molecule has 0 fully saturated rings. The summed E-state index contributed by atoms with van der Waals surface area (Å²) in [7, 11) is 5.29. The average molecular weight is 212 g/mol. The van der Waals surface area contributed by atoms with Crippen LogP contribution in [0, 0.1) is 11.6 Å². The monoisotopic (exact) mass is 212 g/mol. The third-order valence-corrected chi connectivity index (χ3v) is 2.94. The van der Waals surface area contributed by atoms with Crippen LogP contribution < -0.4 is 5.46 Å². The average Bonchev–Trinajstić information content (AvgIpc) is 2.09. The quantitative estimate of drug-likeness (QED) is 0.420. The molecule has 1 aromatic rings. The van der Waals surface area contributed by atoms with Gasteiger partial charge < -0.3 is 13.3 Å². The summed E-state index contributed by atoms with van der Waals surface area (Å²) in [4.78, 5) is 0.0765. The molecule has 0 aliphatic heterocycles. The highest BCUT2D eigenvalue weighted by Crippen LogP contribution is 2.24. The van der Waals surface area contributed by atoms with Crippen LogP contribution in [0.15, 0.2) is 17.0 Å². The molecule has 0 aliphatic carbocycles. The Bertz CT molecular complexity index is 292. The molecule has 0 amide bonds. The van der Waals surface area contributed by atoms with E-state index in [9.17, 15) is 8.78 Å². The Morgan fingerprint density at radius 1 is 1.29 bits per heavy atom. The van der Waals surface area contributed by atoms with Gasteiger partial charge in [-0.15, -0.1) is 11.8 Å². The zero-order valence-corrected chi connectivity index (χ0v) is 8.83. The summed E-state index contributed by atoms with van der Waals surface area (Å²) in [6.07, 6.45) is 1.97. The fourth-order valence-corrected chi connectivity index (χ4v) is 2.07. The minimum Gasteiger partial charge on any atom is -0.580 e. The molecule has 1 aromatic carbocycles. The molecule has 4 heteroatoms. The van der Waals surface area contributed by atoms with Gasteiger partial charge in [0.25, 0.3) is 0 Å². The fourth-order valence-electron chi connectivity index (χ4n) is 1.04. The van der Waals surface area contributed by atoms with Crippen LogP contribution in [0.1, 0.15) is 19.8 Å². The van der Waals surface area contributed by atoms with Crippen molar-refractivity contribution in [2.75, 3.05) is 5.75 Å². The second-order valence-corrected chi connectivity index (χ2v) is 4.12. The highest BCUT2D eigenvalue weighted by Gasteiger charge is 2.07. The van der Waals surface area contributed by atoms with E-state index in [2.05, 4.69) is 0 Å². The Balaban J connectivity index is 2.75. The number of benzene rings is 1. The normalized spacial score (nSPS) is 10.6. The van der Waals surface area contributed by atoms with Crippen LogP contribution in [0.5, 0.6) is 0 Å². The van der Waals surface area contributed by atoms with E-state index in [4.69, 9.17) is 7.85 Å². The summed E-state index contributed by atoms with van der Waals surface area (Å²) in [6, 6.07) is 2.30. The van der Waals surface area contributed by atoms with Crippen LogP contribution in [0.4, 0.5) is 8.78 Å². The lowest BCUT2D eigenvalue weighted by Crippen LogP contribution is -2.06. The maximum absolute atomic E-state index is 13.2. The van der Waals surface area contributed by atoms with E-state index in [0.29, 0.717) is 0 Å². The van der Waals surface area contributed by atoms with Gasteiger partial charge in [0.2, 0.25) is 0 Å². The van der Waals surface area contributed by atoms with Crippen molar-refractivity contribution in [1.29, 1.82) is 0 Å². The maximum atomic E-state index is 13.2. The molecule has 3 radical (unpaired) electrons. The second-order valence-electron chi connectivity index (χ2n) is 3.02. The van der Waals surface area contributed by atoms with Gasteiger partial charge in [0.1, 0.15) is 11.6 Å². The van der Waals surface area contributed by atoms with Crippen molar-refractivity contribution in [2.45, 2.75) is 24.7 Å². The van der Waals surface area contributed by atoms with E-state index >= 15 is 0 Å². The van der Waals surface area contributed by atoms with Gasteiger partial charge in [0.05, 0.1) is 4.90 Å². The van der Waals surface area contributed by atoms with Crippen molar-refractivity contribution in [3.63, 3.8) is 0 Å². The van der Waals surface area contributed by atoms with Crippen molar-refractivity contribution in [2.24, 2.45) is 0 Å². The van der Waals surface area contributed by atoms with Gasteiger partial charge in [-0.05, 0) is 12.2 Å². The third-order valence-electron chi connectivity index (χ3n) is 1.76. The zero-order chi connectivity index (χ0) is 10.6. The first-order valence-electron chi connectivity index (χ1n) is 4.52. The standard InChI is InChI=1S/C10H11BF2S/c1-2-3-4-14-10-8(12)5-7(11)6-9(10)13/h5-6H,2-4H2,1H3/q-1.